The van der Waals surface area contributed by atoms with Crippen LogP contribution in [0.5, 0.6) is 0 Å². The van der Waals surface area contributed by atoms with Crippen LogP contribution in [0.3, 0.4) is 0 Å². The van der Waals surface area contributed by atoms with E-state index in [-0.39, 0.29) is 5.91 Å². The number of carbonyl (C=O) groups excluding carboxylic acids is 1. The van der Waals surface area contributed by atoms with Gasteiger partial charge in [0.15, 0.2) is 11.6 Å². The zero-order chi connectivity index (χ0) is 18.2. The molecule has 1 aliphatic heterocycles. The number of rotatable bonds is 9. The fourth-order valence-electron chi connectivity index (χ4n) is 2.77. The largest absolute Gasteiger partial charge is 0.377 e. The number of methoxy groups -OCH3 is 1. The smallest absolute Gasteiger partial charge is 0.224 e. The minimum Gasteiger partial charge on any atom is -0.377 e. The van der Waals surface area contributed by atoms with Crippen LogP contribution < -0.4 is 5.32 Å². The summed E-state index contributed by atoms with van der Waals surface area (Å²) in [6.45, 7) is 0.402. The maximum atomic E-state index is 12.1. The predicted octanol–water partition coefficient (Wildman–Crippen LogP) is 4.27. The van der Waals surface area contributed by atoms with Crippen LogP contribution >= 0.6 is 21.6 Å². The second-order valence-electron chi connectivity index (χ2n) is 6.24. The number of hydrogen-bond donors (Lipinski definition) is 2. The van der Waals surface area contributed by atoms with Crippen molar-refractivity contribution < 1.29 is 9.53 Å². The number of H-pyrrole nitrogens is 1. The summed E-state index contributed by atoms with van der Waals surface area (Å²) in [5.41, 5.74) is 1.70. The molecular weight excluding hydrogens is 368 g/mol. The van der Waals surface area contributed by atoms with E-state index in [1.807, 2.05) is 45.9 Å². The molecule has 1 aromatic heterocycles. The third kappa shape index (κ3) is 5.75. The molecule has 140 valence electrons. The Hall–Kier alpha value is -1.51. The average Bonchev–Trinajstić information content (AvgIpc) is 3.32. The first kappa shape index (κ1) is 19.3. The zero-order valence-corrected chi connectivity index (χ0v) is 16.5. The summed E-state index contributed by atoms with van der Waals surface area (Å²) in [5.74, 6) is 2.66. The molecule has 1 saturated heterocycles. The number of aromatic amines is 1. The highest BCUT2D eigenvalue weighted by molar-refractivity contribution is 8.77. The molecule has 2 aromatic rings. The van der Waals surface area contributed by atoms with Gasteiger partial charge in [0.05, 0.1) is 0 Å². The highest BCUT2D eigenvalue weighted by Gasteiger charge is 2.15. The molecule has 26 heavy (non-hydrogen) atoms. The van der Waals surface area contributed by atoms with Gasteiger partial charge in [0.1, 0.15) is 6.61 Å². The Morgan fingerprint density at radius 2 is 2.19 bits per heavy atom. The van der Waals surface area contributed by atoms with Crippen LogP contribution in [-0.4, -0.2) is 39.2 Å². The Morgan fingerprint density at radius 3 is 2.92 bits per heavy atom. The van der Waals surface area contributed by atoms with Gasteiger partial charge >= 0.3 is 0 Å². The molecule has 8 heteroatoms. The van der Waals surface area contributed by atoms with Crippen molar-refractivity contribution in [3.8, 4) is 11.4 Å². The van der Waals surface area contributed by atoms with Gasteiger partial charge in [-0.1, -0.05) is 28.0 Å². The molecule has 1 aromatic carbocycles. The number of nitrogens with one attached hydrogen (secondary N) is 2. The molecule has 3 rings (SSSR count). The number of nitrogens with zero attached hydrogens (tertiary/aromatic N) is 2. The Balaban J connectivity index is 1.42. The third-order valence-electron chi connectivity index (χ3n) is 4.15. The second-order valence-corrected chi connectivity index (χ2v) is 9.03. The first-order valence-electron chi connectivity index (χ1n) is 8.83. The van der Waals surface area contributed by atoms with Crippen molar-refractivity contribution in [2.75, 3.05) is 18.2 Å². The molecule has 2 N–H and O–H groups in total. The van der Waals surface area contributed by atoms with Gasteiger partial charge in [0.25, 0.3) is 0 Å². The van der Waals surface area contributed by atoms with Crippen LogP contribution in [0.1, 0.15) is 37.9 Å². The lowest BCUT2D eigenvalue weighted by atomic mass is 10.1. The minimum atomic E-state index is 0.0754. The zero-order valence-electron chi connectivity index (χ0n) is 14.9. The number of unbranched alkanes of at least 4 members (excludes halogenated alkanes) is 1. The lowest BCUT2D eigenvalue weighted by Crippen LogP contribution is -2.11. The first-order chi connectivity index (χ1) is 12.7. The maximum absolute atomic E-state index is 12.1. The summed E-state index contributed by atoms with van der Waals surface area (Å²) in [6, 6.07) is 7.58. The van der Waals surface area contributed by atoms with Gasteiger partial charge in [0, 0.05) is 35.8 Å². The van der Waals surface area contributed by atoms with E-state index in [2.05, 4.69) is 20.5 Å². The van der Waals surface area contributed by atoms with Crippen LogP contribution in [0.15, 0.2) is 24.3 Å². The number of hydrogen-bond acceptors (Lipinski definition) is 6. The van der Waals surface area contributed by atoms with E-state index in [0.29, 0.717) is 24.7 Å². The van der Waals surface area contributed by atoms with Gasteiger partial charge in [-0.2, -0.15) is 5.10 Å². The third-order valence-corrected chi connectivity index (χ3v) is 7.15. The van der Waals surface area contributed by atoms with Gasteiger partial charge in [0.2, 0.25) is 5.91 Å². The molecule has 0 unspecified atom stereocenters. The van der Waals surface area contributed by atoms with Crippen molar-refractivity contribution in [1.82, 2.24) is 15.2 Å². The van der Waals surface area contributed by atoms with Gasteiger partial charge < -0.3 is 10.1 Å². The van der Waals surface area contributed by atoms with Crippen LogP contribution in [-0.2, 0) is 16.1 Å². The molecule has 0 spiro atoms. The normalized spacial score (nSPS) is 16.7. The van der Waals surface area contributed by atoms with Gasteiger partial charge in [-0.05, 0) is 43.5 Å². The van der Waals surface area contributed by atoms with Crippen molar-refractivity contribution in [3.05, 3.63) is 30.1 Å². The molecular formula is C18H24N4O2S2. The van der Waals surface area contributed by atoms with Crippen molar-refractivity contribution in [1.29, 1.82) is 0 Å². The molecule has 1 fully saturated rings. The van der Waals surface area contributed by atoms with Crippen LogP contribution in [0.4, 0.5) is 5.69 Å². The molecule has 0 bridgehead atoms. The lowest BCUT2D eigenvalue weighted by molar-refractivity contribution is -0.116. The van der Waals surface area contributed by atoms with Crippen molar-refractivity contribution in [2.24, 2.45) is 0 Å². The lowest BCUT2D eigenvalue weighted by Gasteiger charge is -2.08. The molecule has 6 nitrogen and oxygen atoms in total. The Bertz CT molecular complexity index is 699. The highest BCUT2D eigenvalue weighted by Crippen LogP contribution is 2.39. The van der Waals surface area contributed by atoms with Crippen molar-refractivity contribution >= 4 is 33.2 Å². The van der Waals surface area contributed by atoms with E-state index in [0.717, 1.165) is 29.3 Å². The number of anilines is 1. The van der Waals surface area contributed by atoms with E-state index in [1.165, 1.54) is 18.6 Å². The highest BCUT2D eigenvalue weighted by atomic mass is 33.1. The summed E-state index contributed by atoms with van der Waals surface area (Å²) in [7, 11) is 5.59. The standard InChI is InChI=1S/C18H24N4O2S2/c1-24-12-16-20-18(22-21-16)13-6-8-14(9-7-13)19-17(23)5-3-2-4-15-10-11-25-26-15/h6-9,15H,2-5,10-12H2,1H3,(H,19,23)(H,20,21,22)/t15-/m1/s1. The quantitative estimate of drug-likeness (QED) is 0.490. The Kier molecular flexibility index (Phi) is 7.40. The van der Waals surface area contributed by atoms with E-state index in [1.54, 1.807) is 7.11 Å². The number of benzene rings is 1. The van der Waals surface area contributed by atoms with Crippen LogP contribution in [0.25, 0.3) is 11.4 Å². The molecule has 0 aliphatic carbocycles. The SMILES string of the molecule is COCc1nc(-c2ccc(NC(=O)CCCC[C@@H]3CCSS3)cc2)n[nH]1. The summed E-state index contributed by atoms with van der Waals surface area (Å²) in [4.78, 5) is 16.4. The van der Waals surface area contributed by atoms with Crippen molar-refractivity contribution in [2.45, 2.75) is 44.0 Å². The number of aromatic nitrogens is 3. The molecule has 1 atom stereocenters. The second kappa shape index (κ2) is 9.99. The van der Waals surface area contributed by atoms with E-state index in [4.69, 9.17) is 4.74 Å². The number of ether oxygens (including phenoxy) is 1. The van der Waals surface area contributed by atoms with Gasteiger partial charge in [-0.3, -0.25) is 9.89 Å². The molecule has 2 heterocycles. The predicted molar refractivity (Wildman–Crippen MR) is 108 cm³/mol. The summed E-state index contributed by atoms with van der Waals surface area (Å²) in [5, 5.41) is 10.8. The number of carbonyl (C=O) groups is 1. The molecule has 0 saturated carbocycles. The van der Waals surface area contributed by atoms with E-state index < -0.39 is 0 Å². The van der Waals surface area contributed by atoms with Crippen molar-refractivity contribution in [3.63, 3.8) is 0 Å². The van der Waals surface area contributed by atoms with Gasteiger partial charge in [-0.15, -0.1) is 0 Å². The Labute approximate surface area is 161 Å². The van der Waals surface area contributed by atoms with Crippen LogP contribution in [0, 0.1) is 0 Å². The molecule has 1 amide bonds. The van der Waals surface area contributed by atoms with E-state index >= 15 is 0 Å². The van der Waals surface area contributed by atoms with E-state index in [9.17, 15) is 4.79 Å². The Morgan fingerprint density at radius 1 is 1.35 bits per heavy atom. The fraction of sp³-hybridized carbons (Fsp3) is 0.500. The fourth-order valence-corrected chi connectivity index (χ4v) is 5.80. The first-order valence-corrected chi connectivity index (χ1v) is 11.2. The molecule has 0 radical (unpaired) electrons. The summed E-state index contributed by atoms with van der Waals surface area (Å²) in [6.07, 6.45) is 5.19. The van der Waals surface area contributed by atoms with Gasteiger partial charge in [-0.25, -0.2) is 4.98 Å². The monoisotopic (exact) mass is 392 g/mol. The number of amides is 1. The summed E-state index contributed by atoms with van der Waals surface area (Å²) >= 11 is 0. The maximum Gasteiger partial charge on any atom is 0.224 e. The average molecular weight is 393 g/mol. The minimum absolute atomic E-state index is 0.0754. The molecule has 1 aliphatic rings. The topological polar surface area (TPSA) is 79.9 Å². The summed E-state index contributed by atoms with van der Waals surface area (Å²) < 4.78 is 5.03. The van der Waals surface area contributed by atoms with Crippen LogP contribution in [0.2, 0.25) is 0 Å².